The summed E-state index contributed by atoms with van der Waals surface area (Å²) in [6, 6.07) is -0.302. The molecule has 20 heavy (non-hydrogen) atoms. The molecule has 1 saturated heterocycles. The molecule has 0 radical (unpaired) electrons. The minimum atomic E-state index is -3.04. The van der Waals surface area contributed by atoms with Crippen LogP contribution in [0.15, 0.2) is 0 Å². The summed E-state index contributed by atoms with van der Waals surface area (Å²) in [7, 11) is -1.45. The molecule has 2 aliphatic rings. The Morgan fingerprint density at radius 2 is 1.70 bits per heavy atom. The third-order valence-corrected chi connectivity index (χ3v) is 6.25. The summed E-state index contributed by atoms with van der Waals surface area (Å²) in [5.74, 6) is -2.15. The lowest BCUT2D eigenvalue weighted by Crippen LogP contribution is -2.45. The number of hydrogen-bond donors (Lipinski definition) is 1. The molecule has 3 atom stereocenters. The van der Waals surface area contributed by atoms with Gasteiger partial charge in [0.2, 0.25) is 5.91 Å². The highest BCUT2D eigenvalue weighted by molar-refractivity contribution is 7.91. The topological polar surface area (TPSA) is 91.8 Å². The van der Waals surface area contributed by atoms with E-state index in [9.17, 15) is 23.1 Å². The first-order valence-corrected chi connectivity index (χ1v) is 8.84. The molecule has 0 aromatic heterocycles. The standard InChI is InChI=1S/C13H21NO5S/c1-14(9-6-7-20(18,19)8-9)12(15)10-4-2-3-5-11(10)13(16)17/h9-11H,2-8H2,1H3,(H,16,17)/t9-,10+,11-/m1/s1. The monoisotopic (exact) mass is 303 g/mol. The average Bonchev–Trinajstić information content (AvgIpc) is 2.77. The molecule has 2 rings (SSSR count). The van der Waals surface area contributed by atoms with Gasteiger partial charge in [0.05, 0.1) is 23.3 Å². The van der Waals surface area contributed by atoms with Crippen LogP contribution in [0.3, 0.4) is 0 Å². The van der Waals surface area contributed by atoms with Crippen LogP contribution in [0.5, 0.6) is 0 Å². The molecule has 0 aromatic rings. The molecule has 1 amide bonds. The van der Waals surface area contributed by atoms with Crippen LogP contribution >= 0.6 is 0 Å². The molecular formula is C13H21NO5S. The second-order valence-corrected chi connectivity index (χ2v) is 8.07. The molecule has 0 unspecified atom stereocenters. The van der Waals surface area contributed by atoms with E-state index < -0.39 is 27.6 Å². The lowest BCUT2D eigenvalue weighted by atomic mass is 9.78. The molecule has 0 bridgehead atoms. The number of sulfone groups is 1. The van der Waals surface area contributed by atoms with Crippen LogP contribution in [0.25, 0.3) is 0 Å². The lowest BCUT2D eigenvalue weighted by molar-refractivity contribution is -0.152. The van der Waals surface area contributed by atoms with E-state index in [1.165, 1.54) is 4.90 Å². The Kier molecular flexibility index (Phi) is 4.36. The normalized spacial score (nSPS) is 32.8. The fourth-order valence-corrected chi connectivity index (χ4v) is 5.02. The Labute approximate surface area is 119 Å². The van der Waals surface area contributed by atoms with Crippen molar-refractivity contribution >= 4 is 21.7 Å². The Morgan fingerprint density at radius 3 is 2.20 bits per heavy atom. The fourth-order valence-electron chi connectivity index (χ4n) is 3.24. The number of carboxylic acids is 1. The summed E-state index contributed by atoms with van der Waals surface area (Å²) in [5.41, 5.74) is 0. The van der Waals surface area contributed by atoms with Gasteiger partial charge in [-0.25, -0.2) is 8.42 Å². The second-order valence-electron chi connectivity index (χ2n) is 5.84. The first-order chi connectivity index (χ1) is 9.32. The van der Waals surface area contributed by atoms with Crippen LogP contribution in [0.1, 0.15) is 32.1 Å². The zero-order chi connectivity index (χ0) is 14.9. The van der Waals surface area contributed by atoms with Crippen molar-refractivity contribution in [2.75, 3.05) is 18.6 Å². The first-order valence-electron chi connectivity index (χ1n) is 7.02. The van der Waals surface area contributed by atoms with Crippen molar-refractivity contribution in [3.8, 4) is 0 Å². The molecule has 1 aliphatic heterocycles. The third-order valence-electron chi connectivity index (χ3n) is 4.50. The molecule has 1 heterocycles. The van der Waals surface area contributed by atoms with Crippen LogP contribution < -0.4 is 0 Å². The summed E-state index contributed by atoms with van der Waals surface area (Å²) in [6.07, 6.45) is 3.26. The van der Waals surface area contributed by atoms with Gasteiger partial charge in [-0.15, -0.1) is 0 Å². The van der Waals surface area contributed by atoms with Gasteiger partial charge in [0.25, 0.3) is 0 Å². The quantitative estimate of drug-likeness (QED) is 0.821. The predicted octanol–water partition coefficient (Wildman–Crippen LogP) is 0.523. The summed E-state index contributed by atoms with van der Waals surface area (Å²) in [5, 5.41) is 9.22. The average molecular weight is 303 g/mol. The van der Waals surface area contributed by atoms with Crippen molar-refractivity contribution in [1.82, 2.24) is 4.90 Å². The minimum absolute atomic E-state index is 0.000300. The maximum Gasteiger partial charge on any atom is 0.307 e. The van der Waals surface area contributed by atoms with Gasteiger partial charge in [0, 0.05) is 13.1 Å². The van der Waals surface area contributed by atoms with Crippen LogP contribution in [0, 0.1) is 11.8 Å². The molecule has 2 fully saturated rings. The maximum absolute atomic E-state index is 12.5. The highest BCUT2D eigenvalue weighted by Gasteiger charge is 2.40. The Bertz CT molecular complexity index is 501. The summed E-state index contributed by atoms with van der Waals surface area (Å²) in [4.78, 5) is 25.2. The van der Waals surface area contributed by atoms with E-state index in [1.807, 2.05) is 0 Å². The summed E-state index contributed by atoms with van der Waals surface area (Å²) in [6.45, 7) is 0. The zero-order valence-corrected chi connectivity index (χ0v) is 12.4. The van der Waals surface area contributed by atoms with Crippen LogP contribution in [0.2, 0.25) is 0 Å². The van der Waals surface area contributed by atoms with E-state index in [1.54, 1.807) is 7.05 Å². The second kappa shape index (κ2) is 5.71. The highest BCUT2D eigenvalue weighted by atomic mass is 32.2. The number of amides is 1. The molecule has 1 N–H and O–H groups in total. The number of hydrogen-bond acceptors (Lipinski definition) is 4. The number of rotatable bonds is 3. The van der Waals surface area contributed by atoms with E-state index in [4.69, 9.17) is 0 Å². The first kappa shape index (κ1) is 15.3. The molecule has 6 nitrogen and oxygen atoms in total. The third kappa shape index (κ3) is 3.13. The number of carbonyl (C=O) groups excluding carboxylic acids is 1. The van der Waals surface area contributed by atoms with Crippen molar-refractivity contribution in [2.24, 2.45) is 11.8 Å². The van der Waals surface area contributed by atoms with Crippen molar-refractivity contribution in [3.05, 3.63) is 0 Å². The largest absolute Gasteiger partial charge is 0.481 e. The fraction of sp³-hybridized carbons (Fsp3) is 0.846. The van der Waals surface area contributed by atoms with E-state index in [-0.39, 0.29) is 23.5 Å². The summed E-state index contributed by atoms with van der Waals surface area (Å²) < 4.78 is 23.0. The Hall–Kier alpha value is -1.11. The van der Waals surface area contributed by atoms with E-state index in [0.29, 0.717) is 19.3 Å². The zero-order valence-electron chi connectivity index (χ0n) is 11.6. The molecule has 114 valence electrons. The molecule has 0 spiro atoms. The highest BCUT2D eigenvalue weighted by Crippen LogP contribution is 2.32. The smallest absolute Gasteiger partial charge is 0.307 e. The van der Waals surface area contributed by atoms with Gasteiger partial charge in [-0.3, -0.25) is 9.59 Å². The Morgan fingerprint density at radius 1 is 1.10 bits per heavy atom. The number of nitrogens with zero attached hydrogens (tertiary/aromatic N) is 1. The lowest BCUT2D eigenvalue weighted by Gasteiger charge is -2.33. The number of aliphatic carboxylic acids is 1. The van der Waals surface area contributed by atoms with Crippen molar-refractivity contribution in [1.29, 1.82) is 0 Å². The van der Waals surface area contributed by atoms with Gasteiger partial charge in [-0.05, 0) is 19.3 Å². The van der Waals surface area contributed by atoms with E-state index in [0.717, 1.165) is 12.8 Å². The van der Waals surface area contributed by atoms with Crippen molar-refractivity contribution in [2.45, 2.75) is 38.1 Å². The SMILES string of the molecule is CN(C(=O)[C@H]1CCCC[C@H]1C(=O)O)[C@@H]1CCS(=O)(=O)C1. The molecule has 0 aromatic carbocycles. The van der Waals surface area contributed by atoms with Gasteiger partial charge in [0.15, 0.2) is 9.84 Å². The molecule has 1 saturated carbocycles. The minimum Gasteiger partial charge on any atom is -0.481 e. The predicted molar refractivity (Wildman–Crippen MR) is 72.9 cm³/mol. The van der Waals surface area contributed by atoms with E-state index in [2.05, 4.69) is 0 Å². The molecule has 7 heteroatoms. The Balaban J connectivity index is 2.07. The van der Waals surface area contributed by atoms with Gasteiger partial charge in [-0.1, -0.05) is 12.8 Å². The summed E-state index contributed by atoms with van der Waals surface area (Å²) >= 11 is 0. The van der Waals surface area contributed by atoms with Gasteiger partial charge in [0.1, 0.15) is 0 Å². The number of carbonyl (C=O) groups is 2. The van der Waals surface area contributed by atoms with Crippen LogP contribution in [0.4, 0.5) is 0 Å². The number of carboxylic acid groups (broad SMARTS) is 1. The van der Waals surface area contributed by atoms with E-state index >= 15 is 0 Å². The van der Waals surface area contributed by atoms with Crippen molar-refractivity contribution in [3.63, 3.8) is 0 Å². The maximum atomic E-state index is 12.5. The molecular weight excluding hydrogens is 282 g/mol. The molecule has 1 aliphatic carbocycles. The van der Waals surface area contributed by atoms with Crippen LogP contribution in [-0.4, -0.2) is 54.9 Å². The van der Waals surface area contributed by atoms with Gasteiger partial charge < -0.3 is 10.0 Å². The van der Waals surface area contributed by atoms with Crippen LogP contribution in [-0.2, 0) is 19.4 Å². The van der Waals surface area contributed by atoms with Gasteiger partial charge in [-0.2, -0.15) is 0 Å². The van der Waals surface area contributed by atoms with Gasteiger partial charge >= 0.3 is 5.97 Å². The van der Waals surface area contributed by atoms with Crippen molar-refractivity contribution < 1.29 is 23.1 Å².